The summed E-state index contributed by atoms with van der Waals surface area (Å²) in [6, 6.07) is 17.0. The highest BCUT2D eigenvalue weighted by Gasteiger charge is 2.13. The number of rotatable bonds is 8. The van der Waals surface area contributed by atoms with Crippen LogP contribution in [0.5, 0.6) is 5.75 Å². The molecule has 0 atom stereocenters. The summed E-state index contributed by atoms with van der Waals surface area (Å²) in [6.45, 7) is 0.0137. The predicted molar refractivity (Wildman–Crippen MR) is 123 cm³/mol. The third-order valence-corrected chi connectivity index (χ3v) is 5.40. The fraction of sp³-hybridized carbons (Fsp3) is 0.130. The maximum atomic E-state index is 12.5. The van der Waals surface area contributed by atoms with Gasteiger partial charge in [-0.15, -0.1) is 11.3 Å². The Balaban J connectivity index is 1.30. The van der Waals surface area contributed by atoms with Crippen molar-refractivity contribution < 1.29 is 14.3 Å². The molecule has 4 rings (SSSR count). The van der Waals surface area contributed by atoms with Gasteiger partial charge >= 0.3 is 0 Å². The Hall–Kier alpha value is -3.98. The number of ether oxygens (including phenoxy) is 1. The molecule has 0 spiro atoms. The summed E-state index contributed by atoms with van der Waals surface area (Å²) in [5.74, 6) is 0.159. The van der Waals surface area contributed by atoms with Gasteiger partial charge in [-0.05, 0) is 29.8 Å². The summed E-state index contributed by atoms with van der Waals surface area (Å²) in [5.41, 5.74) is 2.64. The number of amides is 2. The van der Waals surface area contributed by atoms with E-state index in [2.05, 4.69) is 20.7 Å². The van der Waals surface area contributed by atoms with Crippen LogP contribution in [0.1, 0.15) is 21.1 Å². The molecular weight excluding hydrogens is 426 g/mol. The van der Waals surface area contributed by atoms with Crippen molar-refractivity contribution in [2.24, 2.45) is 0 Å². The van der Waals surface area contributed by atoms with Gasteiger partial charge < -0.3 is 15.4 Å². The van der Waals surface area contributed by atoms with Crippen LogP contribution >= 0.6 is 11.3 Å². The molecule has 2 aromatic carbocycles. The second kappa shape index (κ2) is 9.88. The SMILES string of the molecule is COc1ccc(NC(=O)Cn2cc(NC(=O)c3csc(Cc4ccccc4)n3)cn2)cc1. The maximum Gasteiger partial charge on any atom is 0.275 e. The van der Waals surface area contributed by atoms with E-state index in [1.54, 1.807) is 43.0 Å². The molecule has 2 amide bonds. The van der Waals surface area contributed by atoms with E-state index in [0.29, 0.717) is 29.2 Å². The smallest absolute Gasteiger partial charge is 0.275 e. The fourth-order valence-corrected chi connectivity index (χ4v) is 3.81. The Morgan fingerprint density at radius 3 is 2.56 bits per heavy atom. The largest absolute Gasteiger partial charge is 0.497 e. The van der Waals surface area contributed by atoms with Crippen LogP contribution in [0.3, 0.4) is 0 Å². The van der Waals surface area contributed by atoms with E-state index < -0.39 is 0 Å². The molecule has 0 aliphatic carbocycles. The molecule has 0 aliphatic rings. The van der Waals surface area contributed by atoms with E-state index in [1.807, 2.05) is 30.3 Å². The number of benzene rings is 2. The lowest BCUT2D eigenvalue weighted by Gasteiger charge is -2.06. The molecule has 9 heteroatoms. The normalized spacial score (nSPS) is 10.5. The number of hydrogen-bond acceptors (Lipinski definition) is 6. The van der Waals surface area contributed by atoms with E-state index in [-0.39, 0.29) is 18.4 Å². The van der Waals surface area contributed by atoms with Crippen LogP contribution in [0, 0.1) is 0 Å². The highest BCUT2D eigenvalue weighted by molar-refractivity contribution is 7.09. The van der Waals surface area contributed by atoms with Crippen molar-refractivity contribution in [2.75, 3.05) is 17.7 Å². The highest BCUT2D eigenvalue weighted by Crippen LogP contribution is 2.17. The van der Waals surface area contributed by atoms with Crippen molar-refractivity contribution >= 4 is 34.5 Å². The topological polar surface area (TPSA) is 98.1 Å². The van der Waals surface area contributed by atoms with Crippen LogP contribution < -0.4 is 15.4 Å². The molecule has 162 valence electrons. The number of nitrogens with zero attached hydrogens (tertiary/aromatic N) is 3. The molecule has 0 saturated heterocycles. The Morgan fingerprint density at radius 2 is 1.81 bits per heavy atom. The van der Waals surface area contributed by atoms with Crippen molar-refractivity contribution in [1.29, 1.82) is 0 Å². The Morgan fingerprint density at radius 1 is 1.03 bits per heavy atom. The second-order valence-electron chi connectivity index (χ2n) is 6.95. The third kappa shape index (κ3) is 5.58. The molecule has 0 unspecified atom stereocenters. The van der Waals surface area contributed by atoms with Crippen molar-refractivity contribution in [3.05, 3.63) is 88.6 Å². The van der Waals surface area contributed by atoms with E-state index >= 15 is 0 Å². The summed E-state index contributed by atoms with van der Waals surface area (Å²) in [7, 11) is 1.58. The predicted octanol–water partition coefficient (Wildman–Crippen LogP) is 3.83. The molecule has 0 fully saturated rings. The first-order chi connectivity index (χ1) is 15.6. The average molecular weight is 448 g/mol. The van der Waals surface area contributed by atoms with Crippen LogP contribution in [0.2, 0.25) is 0 Å². The van der Waals surface area contributed by atoms with Gasteiger partial charge in [0.05, 0.1) is 24.0 Å². The van der Waals surface area contributed by atoms with Crippen molar-refractivity contribution in [2.45, 2.75) is 13.0 Å². The Kier molecular flexibility index (Phi) is 6.57. The molecule has 0 radical (unpaired) electrons. The Labute approximate surface area is 188 Å². The van der Waals surface area contributed by atoms with Gasteiger partial charge in [-0.2, -0.15) is 5.10 Å². The number of carbonyl (C=O) groups is 2. The number of anilines is 2. The minimum Gasteiger partial charge on any atom is -0.497 e. The van der Waals surface area contributed by atoms with Gasteiger partial charge in [0.25, 0.3) is 5.91 Å². The quantitative estimate of drug-likeness (QED) is 0.428. The van der Waals surface area contributed by atoms with Gasteiger partial charge in [0.15, 0.2) is 0 Å². The number of aromatic nitrogens is 3. The lowest BCUT2D eigenvalue weighted by atomic mass is 10.2. The van der Waals surface area contributed by atoms with E-state index in [4.69, 9.17) is 4.74 Å². The summed E-state index contributed by atoms with van der Waals surface area (Å²) in [4.78, 5) is 29.2. The highest BCUT2D eigenvalue weighted by atomic mass is 32.1. The zero-order chi connectivity index (χ0) is 22.3. The molecule has 0 saturated carbocycles. The summed E-state index contributed by atoms with van der Waals surface area (Å²) >= 11 is 1.45. The van der Waals surface area contributed by atoms with Crippen molar-refractivity contribution in [1.82, 2.24) is 14.8 Å². The Bertz CT molecular complexity index is 1200. The van der Waals surface area contributed by atoms with Gasteiger partial charge in [-0.25, -0.2) is 4.98 Å². The number of methoxy groups -OCH3 is 1. The van der Waals surface area contributed by atoms with E-state index in [0.717, 1.165) is 10.6 Å². The van der Waals surface area contributed by atoms with Crippen LogP contribution in [0.25, 0.3) is 0 Å². The lowest BCUT2D eigenvalue weighted by Crippen LogP contribution is -2.19. The average Bonchev–Trinajstić information content (AvgIpc) is 3.44. The monoisotopic (exact) mass is 447 g/mol. The standard InChI is InChI=1S/C23H21N5O3S/c1-31-19-9-7-17(8-10-19)25-21(29)14-28-13-18(12-24-28)26-23(30)20-15-32-22(27-20)11-16-5-3-2-4-6-16/h2-10,12-13,15H,11,14H2,1H3,(H,25,29)(H,26,30). The molecule has 2 aromatic heterocycles. The van der Waals surface area contributed by atoms with E-state index in [9.17, 15) is 9.59 Å². The zero-order valence-electron chi connectivity index (χ0n) is 17.3. The first-order valence-corrected chi connectivity index (χ1v) is 10.7. The lowest BCUT2D eigenvalue weighted by molar-refractivity contribution is -0.116. The first kappa shape index (κ1) is 21.3. The van der Waals surface area contributed by atoms with Crippen LogP contribution in [0.4, 0.5) is 11.4 Å². The van der Waals surface area contributed by atoms with E-state index in [1.165, 1.54) is 22.2 Å². The summed E-state index contributed by atoms with van der Waals surface area (Å²) < 4.78 is 6.55. The first-order valence-electron chi connectivity index (χ1n) is 9.85. The van der Waals surface area contributed by atoms with Gasteiger partial charge in [0, 0.05) is 23.7 Å². The van der Waals surface area contributed by atoms with Gasteiger partial charge in [-0.1, -0.05) is 30.3 Å². The third-order valence-electron chi connectivity index (χ3n) is 4.55. The number of hydrogen-bond donors (Lipinski definition) is 2. The fourth-order valence-electron chi connectivity index (χ4n) is 3.00. The molecule has 32 heavy (non-hydrogen) atoms. The minimum absolute atomic E-state index is 0.0137. The molecule has 2 N–H and O–H groups in total. The second-order valence-corrected chi connectivity index (χ2v) is 7.89. The zero-order valence-corrected chi connectivity index (χ0v) is 18.1. The van der Waals surface area contributed by atoms with Crippen molar-refractivity contribution in [3.63, 3.8) is 0 Å². The molecule has 2 heterocycles. The molecule has 0 aliphatic heterocycles. The number of thiazole rings is 1. The van der Waals surface area contributed by atoms with Crippen molar-refractivity contribution in [3.8, 4) is 5.75 Å². The molecular formula is C23H21N5O3S. The van der Waals surface area contributed by atoms with Crippen LogP contribution in [-0.2, 0) is 17.8 Å². The maximum absolute atomic E-state index is 12.5. The number of nitrogens with one attached hydrogen (secondary N) is 2. The van der Waals surface area contributed by atoms with Gasteiger partial charge in [0.1, 0.15) is 18.0 Å². The molecule has 0 bridgehead atoms. The summed E-state index contributed by atoms with van der Waals surface area (Å²) in [6.07, 6.45) is 3.78. The molecule has 4 aromatic rings. The molecule has 8 nitrogen and oxygen atoms in total. The van der Waals surface area contributed by atoms with Crippen LogP contribution in [-0.4, -0.2) is 33.7 Å². The van der Waals surface area contributed by atoms with Gasteiger partial charge in [0.2, 0.25) is 5.91 Å². The van der Waals surface area contributed by atoms with Gasteiger partial charge in [-0.3, -0.25) is 14.3 Å². The minimum atomic E-state index is -0.317. The van der Waals surface area contributed by atoms with Crippen LogP contribution in [0.15, 0.2) is 72.4 Å². The summed E-state index contributed by atoms with van der Waals surface area (Å²) in [5, 5.41) is 12.3. The number of carbonyl (C=O) groups excluding carboxylic acids is 2.